The van der Waals surface area contributed by atoms with Crippen LogP contribution in [-0.4, -0.2) is 56.9 Å². The summed E-state index contributed by atoms with van der Waals surface area (Å²) in [5, 5.41) is 19.7. The monoisotopic (exact) mass is 464 g/mol. The van der Waals surface area contributed by atoms with E-state index < -0.39 is 0 Å². The highest BCUT2D eigenvalue weighted by Gasteiger charge is 2.30. The van der Waals surface area contributed by atoms with Crippen molar-refractivity contribution in [3.8, 4) is 27.7 Å². The number of aliphatic hydroxyl groups is 2. The molecular formula is C25H28N4O3S. The zero-order valence-corrected chi connectivity index (χ0v) is 19.7. The molecule has 1 heterocycles. The molecule has 2 N–H and O–H groups in total. The average Bonchev–Trinajstić information content (AvgIpc) is 3.46. The van der Waals surface area contributed by atoms with E-state index in [4.69, 9.17) is 16.3 Å². The van der Waals surface area contributed by atoms with Crippen molar-refractivity contribution in [2.24, 2.45) is 0 Å². The third-order valence-electron chi connectivity index (χ3n) is 5.81. The number of aliphatic hydroxyl groups excluding tert-OH is 2. The molecule has 8 heteroatoms. The number of benzene rings is 2. The topological polar surface area (TPSA) is 83.1 Å². The van der Waals surface area contributed by atoms with Gasteiger partial charge in [-0.15, -0.1) is 0 Å². The molecule has 0 saturated heterocycles. The maximum atomic E-state index is 9.44. The fourth-order valence-corrected chi connectivity index (χ4v) is 5.11. The van der Waals surface area contributed by atoms with Crippen LogP contribution in [0.2, 0.25) is 0 Å². The lowest BCUT2D eigenvalue weighted by atomic mass is 10.0. The van der Waals surface area contributed by atoms with Gasteiger partial charge in [0.2, 0.25) is 5.69 Å². The fourth-order valence-electron chi connectivity index (χ4n) is 4.44. The molecule has 0 unspecified atom stereocenters. The summed E-state index contributed by atoms with van der Waals surface area (Å²) in [5.41, 5.74) is 4.79. The third-order valence-corrected chi connectivity index (χ3v) is 6.57. The molecule has 0 aliphatic heterocycles. The molecule has 0 fully saturated rings. The van der Waals surface area contributed by atoms with Gasteiger partial charge in [-0.05, 0) is 61.5 Å². The van der Waals surface area contributed by atoms with Crippen LogP contribution in [-0.2, 0) is 6.42 Å². The molecule has 1 aliphatic carbocycles. The molecule has 7 nitrogen and oxygen atoms in total. The molecule has 1 atom stereocenters. The van der Waals surface area contributed by atoms with Gasteiger partial charge in [-0.1, -0.05) is 24.3 Å². The van der Waals surface area contributed by atoms with Crippen LogP contribution >= 0.6 is 11.5 Å². The van der Waals surface area contributed by atoms with E-state index in [-0.39, 0.29) is 25.4 Å². The van der Waals surface area contributed by atoms with Crippen LogP contribution in [0.3, 0.4) is 0 Å². The SMILES string of the molecule is [C-]#[N+]c1cc(-c2nc(-c3cccc4c3CC[C@@H]4N(CCO)CCO)ns2)ccc1OC(C)C. The lowest BCUT2D eigenvalue weighted by molar-refractivity contribution is 0.121. The fraction of sp³-hybridized carbons (Fsp3) is 0.400. The lowest BCUT2D eigenvalue weighted by Crippen LogP contribution is -2.32. The van der Waals surface area contributed by atoms with Crippen LogP contribution in [0.5, 0.6) is 5.75 Å². The maximum Gasteiger partial charge on any atom is 0.228 e. The van der Waals surface area contributed by atoms with E-state index in [1.807, 2.05) is 38.1 Å². The van der Waals surface area contributed by atoms with E-state index in [1.54, 1.807) is 0 Å². The minimum absolute atomic E-state index is 0.000774. The molecule has 0 bridgehead atoms. The smallest absolute Gasteiger partial charge is 0.228 e. The van der Waals surface area contributed by atoms with E-state index in [9.17, 15) is 10.2 Å². The van der Waals surface area contributed by atoms with E-state index >= 15 is 0 Å². The number of nitrogens with zero attached hydrogens (tertiary/aromatic N) is 4. The summed E-state index contributed by atoms with van der Waals surface area (Å²) >= 11 is 1.32. The van der Waals surface area contributed by atoms with Crippen LogP contribution in [0, 0.1) is 6.57 Å². The summed E-state index contributed by atoms with van der Waals surface area (Å²) in [6, 6.07) is 11.9. The van der Waals surface area contributed by atoms with Crippen molar-refractivity contribution in [2.75, 3.05) is 26.3 Å². The maximum absolute atomic E-state index is 9.44. The Labute approximate surface area is 198 Å². The predicted molar refractivity (Wildman–Crippen MR) is 130 cm³/mol. The van der Waals surface area contributed by atoms with E-state index in [1.165, 1.54) is 22.7 Å². The van der Waals surface area contributed by atoms with Crippen LogP contribution in [0.15, 0.2) is 36.4 Å². The van der Waals surface area contributed by atoms with Crippen LogP contribution in [0.25, 0.3) is 26.8 Å². The van der Waals surface area contributed by atoms with Gasteiger partial charge in [-0.2, -0.15) is 4.37 Å². The van der Waals surface area contributed by atoms with Crippen LogP contribution in [0.4, 0.5) is 5.69 Å². The summed E-state index contributed by atoms with van der Waals surface area (Å²) in [6.07, 6.45) is 1.84. The van der Waals surface area contributed by atoms with Gasteiger partial charge in [0, 0.05) is 30.3 Å². The Morgan fingerprint density at radius 2 is 2.00 bits per heavy atom. The van der Waals surface area contributed by atoms with Crippen molar-refractivity contribution in [1.29, 1.82) is 0 Å². The Bertz CT molecular complexity index is 1150. The van der Waals surface area contributed by atoms with Crippen molar-refractivity contribution < 1.29 is 14.9 Å². The summed E-state index contributed by atoms with van der Waals surface area (Å²) in [7, 11) is 0. The number of ether oxygens (including phenoxy) is 1. The van der Waals surface area contributed by atoms with E-state index in [0.29, 0.717) is 30.4 Å². The van der Waals surface area contributed by atoms with Crippen LogP contribution in [0.1, 0.15) is 37.4 Å². The molecular weight excluding hydrogens is 436 g/mol. The summed E-state index contributed by atoms with van der Waals surface area (Å²) in [4.78, 5) is 10.6. The molecule has 33 heavy (non-hydrogen) atoms. The lowest BCUT2D eigenvalue weighted by Gasteiger charge is -2.28. The quantitative estimate of drug-likeness (QED) is 0.454. The number of hydrogen-bond acceptors (Lipinski definition) is 7. The summed E-state index contributed by atoms with van der Waals surface area (Å²) in [5.74, 6) is 1.27. The van der Waals surface area contributed by atoms with Crippen LogP contribution < -0.4 is 4.74 Å². The molecule has 2 aromatic carbocycles. The summed E-state index contributed by atoms with van der Waals surface area (Å²) < 4.78 is 10.4. The standard InChI is InChI=1S/C25H28N4O3S/c1-16(2)32-23-10-7-17(15-21(23)26-3)25-27-24(28-33-25)20-6-4-5-19-18(20)8-9-22(19)29(11-13-30)12-14-31/h4-7,10,15-16,22,30-31H,8-9,11-14H2,1-2H3/t22-/m0/s1. The molecule has 1 aromatic heterocycles. The average molecular weight is 465 g/mol. The second-order valence-electron chi connectivity index (χ2n) is 8.30. The van der Waals surface area contributed by atoms with Crippen molar-refractivity contribution in [3.63, 3.8) is 0 Å². The number of rotatable bonds is 9. The Kier molecular flexibility index (Phi) is 7.36. The second kappa shape index (κ2) is 10.4. The Morgan fingerprint density at radius 3 is 2.70 bits per heavy atom. The predicted octanol–water partition coefficient (Wildman–Crippen LogP) is 4.48. The van der Waals surface area contributed by atoms with Gasteiger partial charge in [0.15, 0.2) is 5.82 Å². The number of aromatic nitrogens is 2. The largest absolute Gasteiger partial charge is 0.502 e. The molecule has 4 rings (SSSR count). The zero-order valence-electron chi connectivity index (χ0n) is 18.9. The molecule has 0 spiro atoms. The highest BCUT2D eigenvalue weighted by atomic mass is 32.1. The van der Waals surface area contributed by atoms with Gasteiger partial charge in [-0.25, -0.2) is 9.83 Å². The Balaban J connectivity index is 1.64. The first-order valence-electron chi connectivity index (χ1n) is 11.2. The molecule has 172 valence electrons. The first-order chi connectivity index (χ1) is 16.0. The minimum atomic E-state index is -0.000774. The van der Waals surface area contributed by atoms with E-state index in [2.05, 4.69) is 26.3 Å². The first-order valence-corrected chi connectivity index (χ1v) is 11.9. The normalized spacial score (nSPS) is 15.1. The molecule has 0 amide bonds. The molecule has 3 aromatic rings. The van der Waals surface area contributed by atoms with Crippen molar-refractivity contribution in [2.45, 2.75) is 38.8 Å². The van der Waals surface area contributed by atoms with Gasteiger partial charge in [0.05, 0.1) is 25.9 Å². The van der Waals surface area contributed by atoms with Gasteiger partial charge >= 0.3 is 0 Å². The Hall–Kier alpha value is -2.83. The zero-order chi connectivity index (χ0) is 23.4. The highest BCUT2D eigenvalue weighted by molar-refractivity contribution is 7.09. The van der Waals surface area contributed by atoms with Gasteiger partial charge in [0.25, 0.3) is 0 Å². The molecule has 1 aliphatic rings. The van der Waals surface area contributed by atoms with Gasteiger partial charge < -0.3 is 14.9 Å². The van der Waals surface area contributed by atoms with Gasteiger partial charge in [0.1, 0.15) is 10.8 Å². The second-order valence-corrected chi connectivity index (χ2v) is 9.05. The number of hydrogen-bond donors (Lipinski definition) is 2. The molecule has 0 radical (unpaired) electrons. The summed E-state index contributed by atoms with van der Waals surface area (Å²) in [6.45, 7) is 12.6. The molecule has 0 saturated carbocycles. The Morgan fingerprint density at radius 1 is 1.21 bits per heavy atom. The third kappa shape index (κ3) is 4.92. The highest BCUT2D eigenvalue weighted by Crippen LogP contribution is 2.41. The van der Waals surface area contributed by atoms with E-state index in [0.717, 1.165) is 29.0 Å². The van der Waals surface area contributed by atoms with Crippen molar-refractivity contribution >= 4 is 17.2 Å². The van der Waals surface area contributed by atoms with Crippen molar-refractivity contribution in [3.05, 3.63) is 58.9 Å². The minimum Gasteiger partial charge on any atom is -0.502 e. The van der Waals surface area contributed by atoms with Gasteiger partial charge in [-0.3, -0.25) is 4.90 Å². The number of fused-ring (bicyclic) bond motifs is 1. The van der Waals surface area contributed by atoms with Crippen molar-refractivity contribution in [1.82, 2.24) is 14.3 Å². The first kappa shape index (κ1) is 23.3.